The van der Waals surface area contributed by atoms with Crippen molar-refractivity contribution in [3.63, 3.8) is 0 Å². The molecule has 2 atom stereocenters. The predicted molar refractivity (Wildman–Crippen MR) is 132 cm³/mol. The number of aliphatic carboxylic acids is 2. The lowest BCUT2D eigenvalue weighted by molar-refractivity contribution is -0.688. The molecule has 5 heterocycles. The van der Waals surface area contributed by atoms with Gasteiger partial charge in [-0.3, -0.25) is 14.5 Å². The molecule has 4 N–H and O–H groups in total. The van der Waals surface area contributed by atoms with E-state index < -0.39 is 58.3 Å². The fraction of sp³-hybridized carbons (Fsp3) is 0.304. The predicted octanol–water partition coefficient (Wildman–Crippen LogP) is -1.63. The zero-order valence-corrected chi connectivity index (χ0v) is 21.7. The van der Waals surface area contributed by atoms with E-state index in [1.165, 1.54) is 31.9 Å². The number of furan rings is 1. The lowest BCUT2D eigenvalue weighted by Crippen LogP contribution is -2.71. The molecular weight excluding hydrogens is 550 g/mol. The van der Waals surface area contributed by atoms with Gasteiger partial charge in [-0.1, -0.05) is 10.3 Å². The fourth-order valence-corrected chi connectivity index (χ4v) is 5.31. The molecule has 2 aliphatic rings. The molecular formula is C23H21N7O9S. The van der Waals surface area contributed by atoms with Crippen molar-refractivity contribution < 1.29 is 47.7 Å². The lowest BCUT2D eigenvalue weighted by atomic mass is 10.0. The third-order valence-corrected chi connectivity index (χ3v) is 7.44. The van der Waals surface area contributed by atoms with Gasteiger partial charge in [0.25, 0.3) is 11.8 Å². The lowest BCUT2D eigenvalue weighted by Gasteiger charge is -2.50. The summed E-state index contributed by atoms with van der Waals surface area (Å²) in [6.45, 7) is 2.55. The van der Waals surface area contributed by atoms with Gasteiger partial charge in [0, 0.05) is 22.8 Å². The molecule has 5 rings (SSSR count). The maximum atomic E-state index is 13.1. The molecule has 0 saturated carbocycles. The number of carboxylic acid groups (broad SMARTS) is 2. The third-order valence-electron chi connectivity index (χ3n) is 6.11. The number of carbonyl (C=O) groups is 4. The van der Waals surface area contributed by atoms with Crippen molar-refractivity contribution in [1.29, 1.82) is 0 Å². The number of thioether (sulfide) groups is 1. The molecule has 2 aliphatic heterocycles. The number of anilines is 1. The molecule has 1 fully saturated rings. The number of hydrogen-bond acceptors (Lipinski definition) is 13. The number of carboxylic acids is 2. The Morgan fingerprint density at radius 1 is 1.40 bits per heavy atom. The number of nitrogen functional groups attached to an aromatic ring is 1. The first-order valence-corrected chi connectivity index (χ1v) is 12.7. The zero-order valence-electron chi connectivity index (χ0n) is 20.9. The van der Waals surface area contributed by atoms with Crippen LogP contribution in [0, 0.1) is 0 Å². The highest BCUT2D eigenvalue weighted by atomic mass is 32.2. The second-order valence-electron chi connectivity index (χ2n) is 9.26. The summed E-state index contributed by atoms with van der Waals surface area (Å²) in [5.74, 6) is -4.80. The standard InChI is InChI=1S/C23H21N7O9S/c1-23(2,21(35)36)39-27-13(16-26-22(24)38-28-16)17(31)25-14-18(32)30-15(20(33)34)11(9-40-19(14)30)7-29-5-3-10-4-6-37-12(10)8-29/h3-6,8,14,19H,7,9H2,1-2H3,(H4-,24,25,26,28,31,33,34,35,36)/t14?,19-/m0/s1. The van der Waals surface area contributed by atoms with Crippen LogP contribution in [-0.2, 0) is 30.6 Å². The minimum absolute atomic E-state index is 0.160. The number of fused-ring (bicyclic) bond motifs is 2. The quantitative estimate of drug-likeness (QED) is 0.113. The number of nitrogens with zero attached hydrogens (tertiary/aromatic N) is 5. The number of nitrogens with two attached hydrogens (primary N) is 1. The van der Waals surface area contributed by atoms with Crippen molar-refractivity contribution in [3.8, 4) is 0 Å². The maximum absolute atomic E-state index is 13.1. The second-order valence-corrected chi connectivity index (χ2v) is 10.4. The van der Waals surface area contributed by atoms with Crippen LogP contribution in [-0.4, -0.2) is 72.4 Å². The van der Waals surface area contributed by atoms with Gasteiger partial charge in [0.2, 0.25) is 23.3 Å². The molecule has 0 aliphatic carbocycles. The van der Waals surface area contributed by atoms with Crippen molar-refractivity contribution in [3.05, 3.63) is 47.9 Å². The molecule has 17 heteroatoms. The first-order valence-electron chi connectivity index (χ1n) is 11.6. The van der Waals surface area contributed by atoms with Crippen LogP contribution in [0.3, 0.4) is 0 Å². The smallest absolute Gasteiger partial charge is 0.350 e. The highest BCUT2D eigenvalue weighted by Gasteiger charge is 2.53. The molecule has 16 nitrogen and oxygen atoms in total. The van der Waals surface area contributed by atoms with Gasteiger partial charge < -0.3 is 39.8 Å². The molecule has 0 bridgehead atoms. The van der Waals surface area contributed by atoms with Gasteiger partial charge >= 0.3 is 12.0 Å². The average molecular weight is 572 g/mol. The van der Waals surface area contributed by atoms with Crippen LogP contribution in [0.5, 0.6) is 0 Å². The third kappa shape index (κ3) is 4.81. The topological polar surface area (TPSA) is 230 Å². The van der Waals surface area contributed by atoms with E-state index >= 15 is 0 Å². The fourth-order valence-electron chi connectivity index (χ4n) is 3.98. The maximum Gasteiger partial charge on any atom is 0.350 e. The Morgan fingerprint density at radius 2 is 2.17 bits per heavy atom. The van der Waals surface area contributed by atoms with Crippen molar-refractivity contribution in [2.75, 3.05) is 11.5 Å². The Kier molecular flexibility index (Phi) is 6.66. The molecule has 2 amide bonds. The van der Waals surface area contributed by atoms with Crippen LogP contribution in [0.25, 0.3) is 11.0 Å². The molecule has 1 saturated heterocycles. The van der Waals surface area contributed by atoms with Crippen LogP contribution in [0.15, 0.2) is 56.2 Å². The molecule has 0 aromatic carbocycles. The average Bonchev–Trinajstić information content (AvgIpc) is 3.55. The van der Waals surface area contributed by atoms with E-state index in [1.54, 1.807) is 23.0 Å². The first-order chi connectivity index (χ1) is 19.0. The highest BCUT2D eigenvalue weighted by molar-refractivity contribution is 8.00. The Hall–Kier alpha value is -4.93. The monoisotopic (exact) mass is 571 g/mol. The summed E-state index contributed by atoms with van der Waals surface area (Å²) in [5.41, 5.74) is 3.76. The molecule has 3 aromatic rings. The summed E-state index contributed by atoms with van der Waals surface area (Å²) in [5, 5.41) is 31.0. The van der Waals surface area contributed by atoms with Gasteiger partial charge in [-0.25, -0.2) is 4.79 Å². The van der Waals surface area contributed by atoms with Gasteiger partial charge in [0.15, 0.2) is 18.3 Å². The van der Waals surface area contributed by atoms with Gasteiger partial charge in [0.1, 0.15) is 11.4 Å². The zero-order chi connectivity index (χ0) is 28.8. The summed E-state index contributed by atoms with van der Waals surface area (Å²) in [6.07, 6.45) is 5.01. The van der Waals surface area contributed by atoms with E-state index in [9.17, 15) is 29.4 Å². The number of pyridine rings is 1. The van der Waals surface area contributed by atoms with Gasteiger partial charge in [-0.05, 0) is 19.9 Å². The molecule has 0 radical (unpaired) electrons. The normalized spacial score (nSPS) is 19.3. The largest absolute Gasteiger partial charge is 0.543 e. The van der Waals surface area contributed by atoms with Crippen LogP contribution in [0.1, 0.15) is 19.7 Å². The van der Waals surface area contributed by atoms with E-state index in [4.69, 9.17) is 15.0 Å². The molecule has 0 spiro atoms. The summed E-state index contributed by atoms with van der Waals surface area (Å²) in [4.78, 5) is 59.4. The Balaban J connectivity index is 1.36. The number of nitrogens with one attached hydrogen (secondary N) is 1. The minimum Gasteiger partial charge on any atom is -0.543 e. The Morgan fingerprint density at radius 3 is 2.85 bits per heavy atom. The van der Waals surface area contributed by atoms with E-state index in [-0.39, 0.29) is 18.0 Å². The van der Waals surface area contributed by atoms with Crippen molar-refractivity contribution in [2.24, 2.45) is 5.16 Å². The Bertz CT molecular complexity index is 1610. The summed E-state index contributed by atoms with van der Waals surface area (Å²) >= 11 is 1.24. The van der Waals surface area contributed by atoms with Crippen molar-refractivity contribution in [2.45, 2.75) is 37.4 Å². The molecule has 208 valence electrons. The molecule has 3 aromatic heterocycles. The molecule has 40 heavy (non-hydrogen) atoms. The summed E-state index contributed by atoms with van der Waals surface area (Å²) in [7, 11) is 0. The number of aromatic nitrogens is 3. The van der Waals surface area contributed by atoms with Crippen molar-refractivity contribution in [1.82, 2.24) is 20.4 Å². The molecule has 1 unspecified atom stereocenters. The first kappa shape index (κ1) is 26.7. The van der Waals surface area contributed by atoms with Crippen LogP contribution < -0.4 is 20.7 Å². The number of β-lactam (4-membered cyclic amide) rings is 1. The number of carbonyl (C=O) groups excluding carboxylic acids is 3. The van der Waals surface area contributed by atoms with E-state index in [2.05, 4.69) is 25.1 Å². The number of oxime groups is 1. The number of amides is 2. The van der Waals surface area contributed by atoms with Crippen LogP contribution in [0.2, 0.25) is 0 Å². The Labute approximate surface area is 228 Å². The van der Waals surface area contributed by atoms with Crippen LogP contribution >= 0.6 is 11.8 Å². The van der Waals surface area contributed by atoms with Gasteiger partial charge in [-0.2, -0.15) is 9.55 Å². The van der Waals surface area contributed by atoms with Gasteiger partial charge in [0.05, 0.1) is 17.9 Å². The van der Waals surface area contributed by atoms with Crippen molar-refractivity contribution >= 4 is 58.2 Å². The SMILES string of the molecule is CC(C)(ON=C(C(=O)NC1C(=O)N2C(C(=O)[O-])=C(C[n+]3ccc4ccoc4c3)CS[C@@H]12)c1noc(N)n1)C(=O)O. The van der Waals surface area contributed by atoms with Gasteiger partial charge in [-0.15, -0.1) is 11.8 Å². The summed E-state index contributed by atoms with van der Waals surface area (Å²) in [6, 6.07) is 2.06. The summed E-state index contributed by atoms with van der Waals surface area (Å²) < 4.78 is 11.8. The van der Waals surface area contributed by atoms with Crippen LogP contribution in [0.4, 0.5) is 6.01 Å². The number of rotatable bonds is 9. The minimum atomic E-state index is -1.83. The van der Waals surface area contributed by atoms with E-state index in [1.807, 2.05) is 6.07 Å². The number of hydrogen-bond donors (Lipinski definition) is 3. The highest BCUT2D eigenvalue weighted by Crippen LogP contribution is 2.40. The van der Waals surface area contributed by atoms with E-state index in [0.29, 0.717) is 11.2 Å². The van der Waals surface area contributed by atoms with E-state index in [0.717, 1.165) is 10.3 Å². The second kappa shape index (κ2) is 9.99.